The van der Waals surface area contributed by atoms with Crippen LogP contribution in [0.1, 0.15) is 35.7 Å². The summed E-state index contributed by atoms with van der Waals surface area (Å²) in [5, 5.41) is 3.11. The van der Waals surface area contributed by atoms with E-state index in [0.717, 1.165) is 24.0 Å². The van der Waals surface area contributed by atoms with Crippen LogP contribution in [-0.2, 0) is 0 Å². The molecule has 0 aliphatic heterocycles. The molecule has 1 aromatic heterocycles. The Balaban J connectivity index is 1.81. The summed E-state index contributed by atoms with van der Waals surface area (Å²) in [5.41, 5.74) is 9.34. The molecule has 2 aromatic rings. The number of rotatable bonds is 5. The molecule has 0 spiro atoms. The Morgan fingerprint density at radius 3 is 2.57 bits per heavy atom. The van der Waals surface area contributed by atoms with Crippen molar-refractivity contribution in [1.29, 1.82) is 0 Å². The van der Waals surface area contributed by atoms with Crippen LogP contribution in [0.2, 0.25) is 0 Å². The minimum atomic E-state index is -0.322. The number of hydrogen-bond acceptors (Lipinski definition) is 3. The molecule has 0 radical (unpaired) electrons. The summed E-state index contributed by atoms with van der Waals surface area (Å²) in [5.74, 6) is 0.385. The summed E-state index contributed by atoms with van der Waals surface area (Å²) in [6.07, 6.45) is 5.66. The molecule has 1 heterocycles. The summed E-state index contributed by atoms with van der Waals surface area (Å²) in [6.45, 7) is 4.53. The van der Waals surface area contributed by atoms with Gasteiger partial charge in [-0.3, -0.25) is 9.78 Å². The number of amides is 1. The van der Waals surface area contributed by atoms with Gasteiger partial charge in [-0.05, 0) is 44.2 Å². The first-order valence-electron chi connectivity index (χ1n) is 8.06. The van der Waals surface area contributed by atoms with Crippen LogP contribution in [0.25, 0.3) is 11.1 Å². The van der Waals surface area contributed by atoms with E-state index in [2.05, 4.69) is 29.4 Å². The lowest BCUT2D eigenvalue weighted by atomic mass is 9.95. The van der Waals surface area contributed by atoms with E-state index in [9.17, 15) is 4.79 Å². The number of carbonyl (C=O) groups excluding carboxylic acids is 1. The first-order valence-corrected chi connectivity index (χ1v) is 8.06. The van der Waals surface area contributed by atoms with Gasteiger partial charge in [0, 0.05) is 24.5 Å². The van der Waals surface area contributed by atoms with Crippen LogP contribution in [-0.4, -0.2) is 23.0 Å². The zero-order valence-corrected chi connectivity index (χ0v) is 13.7. The van der Waals surface area contributed by atoms with Crippen LogP contribution in [0.15, 0.2) is 42.7 Å². The molecule has 3 rings (SSSR count). The predicted molar refractivity (Wildman–Crippen MR) is 92.1 cm³/mol. The van der Waals surface area contributed by atoms with E-state index >= 15 is 0 Å². The number of hydrogen-bond donors (Lipinski definition) is 2. The second kappa shape index (κ2) is 6.13. The first-order chi connectivity index (χ1) is 11.0. The van der Waals surface area contributed by atoms with E-state index in [1.165, 1.54) is 5.56 Å². The largest absolute Gasteiger partial charge is 0.345 e. The van der Waals surface area contributed by atoms with Gasteiger partial charge in [0.2, 0.25) is 0 Å². The summed E-state index contributed by atoms with van der Waals surface area (Å²) in [4.78, 5) is 16.8. The highest BCUT2D eigenvalue weighted by Gasteiger charge is 2.41. The van der Waals surface area contributed by atoms with E-state index in [1.54, 1.807) is 12.4 Å². The number of carbonyl (C=O) groups is 1. The summed E-state index contributed by atoms with van der Waals surface area (Å²) in [7, 11) is 0. The van der Waals surface area contributed by atoms with Gasteiger partial charge in [-0.1, -0.05) is 29.8 Å². The van der Waals surface area contributed by atoms with Crippen molar-refractivity contribution in [2.24, 2.45) is 11.7 Å². The lowest BCUT2D eigenvalue weighted by molar-refractivity contribution is 0.0897. The van der Waals surface area contributed by atoms with Crippen molar-refractivity contribution in [1.82, 2.24) is 10.3 Å². The molecule has 23 heavy (non-hydrogen) atoms. The second-order valence-electron chi connectivity index (χ2n) is 6.68. The Labute approximate surface area is 137 Å². The molecule has 1 atom stereocenters. The van der Waals surface area contributed by atoms with Gasteiger partial charge in [-0.15, -0.1) is 0 Å². The van der Waals surface area contributed by atoms with E-state index in [0.29, 0.717) is 18.0 Å². The number of nitrogens with two attached hydrogens (primary N) is 1. The summed E-state index contributed by atoms with van der Waals surface area (Å²) >= 11 is 0. The van der Waals surface area contributed by atoms with Gasteiger partial charge in [0.05, 0.1) is 11.1 Å². The Morgan fingerprint density at radius 2 is 1.96 bits per heavy atom. The topological polar surface area (TPSA) is 68.0 Å². The molecule has 1 amide bonds. The van der Waals surface area contributed by atoms with E-state index in [4.69, 9.17) is 5.73 Å². The van der Waals surface area contributed by atoms with Gasteiger partial charge >= 0.3 is 0 Å². The minimum Gasteiger partial charge on any atom is -0.345 e. The van der Waals surface area contributed by atoms with E-state index in [-0.39, 0.29) is 11.4 Å². The van der Waals surface area contributed by atoms with E-state index < -0.39 is 0 Å². The predicted octanol–water partition coefficient (Wildman–Crippen LogP) is 2.91. The highest BCUT2D eigenvalue weighted by Crippen LogP contribution is 2.39. The Bertz CT molecular complexity index is 707. The first kappa shape index (κ1) is 15.7. The highest BCUT2D eigenvalue weighted by molar-refractivity contribution is 5.95. The number of nitrogens with zero attached hydrogens (tertiary/aromatic N) is 1. The molecule has 4 heteroatoms. The van der Waals surface area contributed by atoms with Gasteiger partial charge in [-0.2, -0.15) is 0 Å². The van der Waals surface area contributed by atoms with Crippen molar-refractivity contribution in [3.8, 4) is 11.1 Å². The number of aromatic nitrogens is 1. The summed E-state index contributed by atoms with van der Waals surface area (Å²) < 4.78 is 0. The Hall–Kier alpha value is -2.20. The maximum absolute atomic E-state index is 12.6. The van der Waals surface area contributed by atoms with Crippen molar-refractivity contribution in [3.63, 3.8) is 0 Å². The lowest BCUT2D eigenvalue weighted by Gasteiger charge is -2.29. The fourth-order valence-corrected chi connectivity index (χ4v) is 2.84. The molecule has 1 aromatic carbocycles. The van der Waals surface area contributed by atoms with Crippen molar-refractivity contribution >= 4 is 5.91 Å². The molecular weight excluding hydrogens is 286 g/mol. The molecule has 3 N–H and O–H groups in total. The molecular formula is C19H23N3O. The van der Waals surface area contributed by atoms with Gasteiger partial charge in [0.25, 0.3) is 5.91 Å². The zero-order valence-electron chi connectivity index (χ0n) is 13.7. The normalized spacial score (nSPS) is 16.7. The average Bonchev–Trinajstić information content (AvgIpc) is 3.41. The van der Waals surface area contributed by atoms with Crippen LogP contribution < -0.4 is 11.1 Å². The molecule has 0 saturated heterocycles. The third-order valence-electron chi connectivity index (χ3n) is 4.69. The molecule has 1 unspecified atom stereocenters. The monoisotopic (exact) mass is 309 g/mol. The lowest BCUT2D eigenvalue weighted by Crippen LogP contribution is -2.53. The minimum absolute atomic E-state index is 0.105. The second-order valence-corrected chi connectivity index (χ2v) is 6.68. The standard InChI is InChI=1S/C19H23N3O/c1-13-3-5-14(6-4-13)15-9-16(11-21-10-15)18(23)22-19(2,12-20)17-7-8-17/h3-6,9-11,17H,7-8,12,20H2,1-2H3,(H,22,23). The highest BCUT2D eigenvalue weighted by atomic mass is 16.1. The Kier molecular flexibility index (Phi) is 4.18. The van der Waals surface area contributed by atoms with Gasteiger partial charge in [-0.25, -0.2) is 0 Å². The van der Waals surface area contributed by atoms with Crippen LogP contribution in [0.5, 0.6) is 0 Å². The van der Waals surface area contributed by atoms with Gasteiger partial charge < -0.3 is 11.1 Å². The number of aryl methyl sites for hydroxylation is 1. The van der Waals surface area contributed by atoms with Crippen molar-refractivity contribution in [3.05, 3.63) is 53.9 Å². The van der Waals surface area contributed by atoms with Crippen LogP contribution >= 0.6 is 0 Å². The third kappa shape index (κ3) is 3.42. The Morgan fingerprint density at radius 1 is 1.26 bits per heavy atom. The molecule has 1 aliphatic carbocycles. The third-order valence-corrected chi connectivity index (χ3v) is 4.69. The van der Waals surface area contributed by atoms with Crippen LogP contribution in [0.4, 0.5) is 0 Å². The van der Waals surface area contributed by atoms with Crippen LogP contribution in [0.3, 0.4) is 0 Å². The fourth-order valence-electron chi connectivity index (χ4n) is 2.84. The molecule has 1 saturated carbocycles. The SMILES string of the molecule is Cc1ccc(-c2cncc(C(=O)NC(C)(CN)C3CC3)c2)cc1. The molecule has 1 fully saturated rings. The number of nitrogens with one attached hydrogen (secondary N) is 1. The zero-order chi connectivity index (χ0) is 16.4. The molecule has 0 bridgehead atoms. The maximum atomic E-state index is 12.6. The van der Waals surface area contributed by atoms with Crippen molar-refractivity contribution in [2.45, 2.75) is 32.2 Å². The number of pyridine rings is 1. The molecule has 4 nitrogen and oxygen atoms in total. The fraction of sp³-hybridized carbons (Fsp3) is 0.368. The molecule has 120 valence electrons. The van der Waals surface area contributed by atoms with Crippen molar-refractivity contribution < 1.29 is 4.79 Å². The summed E-state index contributed by atoms with van der Waals surface area (Å²) in [6, 6.07) is 10.1. The van der Waals surface area contributed by atoms with Crippen molar-refractivity contribution in [2.75, 3.05) is 6.54 Å². The van der Waals surface area contributed by atoms with E-state index in [1.807, 2.05) is 25.1 Å². The van der Waals surface area contributed by atoms with Crippen LogP contribution in [0, 0.1) is 12.8 Å². The number of benzene rings is 1. The van der Waals surface area contributed by atoms with Gasteiger partial charge in [0.15, 0.2) is 0 Å². The van der Waals surface area contributed by atoms with Gasteiger partial charge in [0.1, 0.15) is 0 Å². The smallest absolute Gasteiger partial charge is 0.253 e. The maximum Gasteiger partial charge on any atom is 0.253 e. The molecule has 1 aliphatic rings. The quantitative estimate of drug-likeness (QED) is 0.892. The average molecular weight is 309 g/mol.